The van der Waals surface area contributed by atoms with E-state index >= 15 is 0 Å². The van der Waals surface area contributed by atoms with Crippen LogP contribution in [0.5, 0.6) is 0 Å². The number of rotatable bonds is 4. The van der Waals surface area contributed by atoms with Crippen LogP contribution in [0.4, 0.5) is 0 Å². The first-order chi connectivity index (χ1) is 6.13. The summed E-state index contributed by atoms with van der Waals surface area (Å²) < 4.78 is 0. The lowest BCUT2D eigenvalue weighted by atomic mass is 10.2. The minimum atomic E-state index is -0.552. The van der Waals surface area contributed by atoms with Crippen LogP contribution < -0.4 is 11.5 Å². The van der Waals surface area contributed by atoms with E-state index in [1.807, 2.05) is 6.07 Å². The third-order valence-corrected chi connectivity index (χ3v) is 3.10. The summed E-state index contributed by atoms with van der Waals surface area (Å²) in [5.74, 6) is -0.438. The van der Waals surface area contributed by atoms with Crippen LogP contribution in [0.15, 0.2) is 12.1 Å². The lowest BCUT2D eigenvalue weighted by Crippen LogP contribution is -2.37. The molecule has 4 heteroatoms. The quantitative estimate of drug-likeness (QED) is 0.746. The SMILES string of the molecule is CCc1ccc(CC(N)C(N)=O)s1. The van der Waals surface area contributed by atoms with Gasteiger partial charge in [-0.05, 0) is 18.6 Å². The number of carbonyl (C=O) groups excluding carboxylic acids is 1. The third kappa shape index (κ3) is 2.82. The molecule has 1 atom stereocenters. The molecule has 1 unspecified atom stereocenters. The van der Waals surface area contributed by atoms with Crippen LogP contribution in [0, 0.1) is 0 Å². The Kier molecular flexibility index (Phi) is 3.45. The van der Waals surface area contributed by atoms with E-state index in [2.05, 4.69) is 13.0 Å². The molecule has 72 valence electrons. The molecule has 0 spiro atoms. The maximum absolute atomic E-state index is 10.7. The van der Waals surface area contributed by atoms with Crippen molar-refractivity contribution in [2.75, 3.05) is 0 Å². The third-order valence-electron chi connectivity index (χ3n) is 1.85. The Morgan fingerprint density at radius 2 is 2.15 bits per heavy atom. The molecule has 13 heavy (non-hydrogen) atoms. The Morgan fingerprint density at radius 3 is 2.62 bits per heavy atom. The van der Waals surface area contributed by atoms with Gasteiger partial charge in [0.2, 0.25) is 5.91 Å². The monoisotopic (exact) mass is 198 g/mol. The number of aryl methyl sites for hydroxylation is 1. The molecule has 0 bridgehead atoms. The van der Waals surface area contributed by atoms with Crippen molar-refractivity contribution in [1.29, 1.82) is 0 Å². The van der Waals surface area contributed by atoms with E-state index in [4.69, 9.17) is 11.5 Å². The molecule has 1 heterocycles. The molecule has 3 nitrogen and oxygen atoms in total. The number of hydrogen-bond acceptors (Lipinski definition) is 3. The highest BCUT2D eigenvalue weighted by atomic mass is 32.1. The molecule has 0 saturated heterocycles. The van der Waals surface area contributed by atoms with Gasteiger partial charge >= 0.3 is 0 Å². The zero-order valence-corrected chi connectivity index (χ0v) is 8.43. The van der Waals surface area contributed by atoms with E-state index in [1.165, 1.54) is 4.88 Å². The van der Waals surface area contributed by atoms with Gasteiger partial charge in [0, 0.05) is 16.2 Å². The van der Waals surface area contributed by atoms with E-state index < -0.39 is 11.9 Å². The maximum atomic E-state index is 10.7. The molecule has 4 N–H and O–H groups in total. The summed E-state index contributed by atoms with van der Waals surface area (Å²) in [6.45, 7) is 2.10. The van der Waals surface area contributed by atoms with Gasteiger partial charge in [-0.3, -0.25) is 4.79 Å². The summed E-state index contributed by atoms with van der Waals surface area (Å²) in [6, 6.07) is 3.52. The smallest absolute Gasteiger partial charge is 0.234 e. The zero-order valence-electron chi connectivity index (χ0n) is 7.62. The van der Waals surface area contributed by atoms with Gasteiger partial charge in [0.15, 0.2) is 0 Å². The lowest BCUT2D eigenvalue weighted by Gasteiger charge is -2.03. The van der Waals surface area contributed by atoms with Gasteiger partial charge in [-0.25, -0.2) is 0 Å². The van der Waals surface area contributed by atoms with Crippen LogP contribution in [-0.2, 0) is 17.6 Å². The molecule has 0 fully saturated rings. The van der Waals surface area contributed by atoms with E-state index in [1.54, 1.807) is 11.3 Å². The van der Waals surface area contributed by atoms with Crippen molar-refractivity contribution in [1.82, 2.24) is 0 Å². The summed E-state index contributed by atoms with van der Waals surface area (Å²) in [4.78, 5) is 13.1. The standard InChI is InChI=1S/C9H14N2OS/c1-2-6-3-4-7(13-6)5-8(10)9(11)12/h3-4,8H,2,5,10H2,1H3,(H2,11,12). The molecule has 1 aromatic rings. The molecule has 1 amide bonds. The molecule has 0 aliphatic rings. The Balaban J connectivity index is 2.58. The van der Waals surface area contributed by atoms with Crippen molar-refractivity contribution in [2.45, 2.75) is 25.8 Å². The van der Waals surface area contributed by atoms with Gasteiger partial charge in [0.05, 0.1) is 6.04 Å². The van der Waals surface area contributed by atoms with Crippen molar-refractivity contribution < 1.29 is 4.79 Å². The first-order valence-corrected chi connectivity index (χ1v) is 5.07. The van der Waals surface area contributed by atoms with Crippen LogP contribution in [-0.4, -0.2) is 11.9 Å². The van der Waals surface area contributed by atoms with E-state index in [-0.39, 0.29) is 0 Å². The second kappa shape index (κ2) is 4.39. The van der Waals surface area contributed by atoms with Gasteiger partial charge in [-0.15, -0.1) is 11.3 Å². The average molecular weight is 198 g/mol. The zero-order chi connectivity index (χ0) is 9.84. The van der Waals surface area contributed by atoms with Gasteiger partial charge < -0.3 is 11.5 Å². The van der Waals surface area contributed by atoms with Gasteiger partial charge in [0.25, 0.3) is 0 Å². The highest BCUT2D eigenvalue weighted by Gasteiger charge is 2.10. The van der Waals surface area contributed by atoms with Crippen molar-refractivity contribution >= 4 is 17.2 Å². The topological polar surface area (TPSA) is 69.1 Å². The summed E-state index contributed by atoms with van der Waals surface area (Å²) >= 11 is 1.69. The van der Waals surface area contributed by atoms with Crippen LogP contribution in [0.3, 0.4) is 0 Å². The average Bonchev–Trinajstić information content (AvgIpc) is 2.52. The highest BCUT2D eigenvalue weighted by Crippen LogP contribution is 2.17. The molecular weight excluding hydrogens is 184 g/mol. The second-order valence-electron chi connectivity index (χ2n) is 2.93. The predicted molar refractivity (Wildman–Crippen MR) is 54.6 cm³/mol. The van der Waals surface area contributed by atoms with Crippen molar-refractivity contribution in [2.24, 2.45) is 11.5 Å². The minimum absolute atomic E-state index is 0.438. The largest absolute Gasteiger partial charge is 0.368 e. The second-order valence-corrected chi connectivity index (χ2v) is 4.19. The van der Waals surface area contributed by atoms with E-state index in [0.29, 0.717) is 6.42 Å². The molecule has 0 radical (unpaired) electrons. The number of hydrogen-bond donors (Lipinski definition) is 2. The lowest BCUT2D eigenvalue weighted by molar-refractivity contribution is -0.119. The molecular formula is C9H14N2OS. The normalized spacial score (nSPS) is 12.8. The summed E-state index contributed by atoms with van der Waals surface area (Å²) in [6.07, 6.45) is 1.58. The molecule has 1 rings (SSSR count). The van der Waals surface area contributed by atoms with E-state index in [0.717, 1.165) is 11.3 Å². The van der Waals surface area contributed by atoms with Crippen molar-refractivity contribution in [3.05, 3.63) is 21.9 Å². The minimum Gasteiger partial charge on any atom is -0.368 e. The number of thiophene rings is 1. The van der Waals surface area contributed by atoms with Crippen LogP contribution in [0.2, 0.25) is 0 Å². The fourth-order valence-corrected chi connectivity index (χ4v) is 2.06. The summed E-state index contributed by atoms with van der Waals surface area (Å²) in [5, 5.41) is 0. The fourth-order valence-electron chi connectivity index (χ4n) is 1.04. The van der Waals surface area contributed by atoms with Gasteiger partial charge in [0.1, 0.15) is 0 Å². The van der Waals surface area contributed by atoms with Crippen molar-refractivity contribution in [3.8, 4) is 0 Å². The number of amides is 1. The Hall–Kier alpha value is -0.870. The Labute approximate surface area is 81.7 Å². The molecule has 1 aromatic heterocycles. The Morgan fingerprint density at radius 1 is 1.54 bits per heavy atom. The maximum Gasteiger partial charge on any atom is 0.234 e. The predicted octanol–water partition coefficient (Wildman–Crippen LogP) is 0.666. The van der Waals surface area contributed by atoms with Gasteiger partial charge in [-0.1, -0.05) is 6.92 Å². The number of nitrogens with two attached hydrogens (primary N) is 2. The molecule has 0 saturated carbocycles. The highest BCUT2D eigenvalue weighted by molar-refractivity contribution is 7.12. The first kappa shape index (κ1) is 10.2. The van der Waals surface area contributed by atoms with Crippen molar-refractivity contribution in [3.63, 3.8) is 0 Å². The fraction of sp³-hybridized carbons (Fsp3) is 0.444. The van der Waals surface area contributed by atoms with Crippen LogP contribution >= 0.6 is 11.3 Å². The Bertz CT molecular complexity index is 296. The number of primary amides is 1. The molecule has 0 aromatic carbocycles. The summed E-state index contributed by atoms with van der Waals surface area (Å²) in [7, 11) is 0. The van der Waals surface area contributed by atoms with Crippen LogP contribution in [0.25, 0.3) is 0 Å². The molecule has 0 aliphatic carbocycles. The number of carbonyl (C=O) groups is 1. The van der Waals surface area contributed by atoms with Crippen LogP contribution in [0.1, 0.15) is 16.7 Å². The summed E-state index contributed by atoms with van der Waals surface area (Å²) in [5.41, 5.74) is 10.6. The van der Waals surface area contributed by atoms with Gasteiger partial charge in [-0.2, -0.15) is 0 Å². The molecule has 0 aliphatic heterocycles. The van der Waals surface area contributed by atoms with E-state index in [9.17, 15) is 4.79 Å². The first-order valence-electron chi connectivity index (χ1n) is 4.26.